The van der Waals surface area contributed by atoms with E-state index < -0.39 is 0 Å². The first-order chi connectivity index (χ1) is 21.3. The first-order valence-electron chi connectivity index (χ1n) is 14.3. The van der Waals surface area contributed by atoms with Gasteiger partial charge in [0.1, 0.15) is 28.0 Å². The van der Waals surface area contributed by atoms with Crippen molar-refractivity contribution in [2.24, 2.45) is 0 Å². The molecular formula is C38H21N3O2. The predicted octanol–water partition coefficient (Wildman–Crippen LogP) is 10.2. The van der Waals surface area contributed by atoms with E-state index in [-0.39, 0.29) is 0 Å². The number of nitrogens with zero attached hydrogens (tertiary/aromatic N) is 3. The summed E-state index contributed by atoms with van der Waals surface area (Å²) in [4.78, 5) is 10.5. The van der Waals surface area contributed by atoms with Crippen LogP contribution in [0.3, 0.4) is 0 Å². The fraction of sp³-hybridized carbons (Fsp3) is 0. The highest BCUT2D eigenvalue weighted by Gasteiger charge is 2.22. The summed E-state index contributed by atoms with van der Waals surface area (Å²) < 4.78 is 14.8. The molecule has 0 atom stereocenters. The zero-order chi connectivity index (χ0) is 28.1. The Kier molecular flexibility index (Phi) is 4.39. The number of furan rings is 2. The van der Waals surface area contributed by atoms with Gasteiger partial charge < -0.3 is 8.83 Å². The monoisotopic (exact) mass is 551 g/mol. The van der Waals surface area contributed by atoms with Crippen molar-refractivity contribution in [3.8, 4) is 17.2 Å². The molecule has 10 aromatic rings. The van der Waals surface area contributed by atoms with Crippen molar-refractivity contribution in [3.05, 3.63) is 127 Å². The fourth-order valence-corrected chi connectivity index (χ4v) is 6.62. The van der Waals surface area contributed by atoms with Crippen LogP contribution in [0.4, 0.5) is 0 Å². The van der Waals surface area contributed by atoms with Crippen LogP contribution in [0.15, 0.2) is 136 Å². The maximum atomic E-state index is 6.47. The van der Waals surface area contributed by atoms with Crippen molar-refractivity contribution in [1.29, 1.82) is 0 Å². The van der Waals surface area contributed by atoms with Gasteiger partial charge in [-0.1, -0.05) is 72.8 Å². The molecule has 5 nitrogen and oxygen atoms in total. The Hall–Kier alpha value is -5.94. The summed E-state index contributed by atoms with van der Waals surface area (Å²) in [5.74, 6) is 0.604. The third-order valence-electron chi connectivity index (χ3n) is 8.60. The van der Waals surface area contributed by atoms with Gasteiger partial charge in [0.2, 0.25) is 5.95 Å². The Morgan fingerprint density at radius 1 is 0.465 bits per heavy atom. The van der Waals surface area contributed by atoms with Crippen LogP contribution in [0.25, 0.3) is 93.8 Å². The number of rotatable bonds is 2. The van der Waals surface area contributed by atoms with Crippen molar-refractivity contribution in [1.82, 2.24) is 14.5 Å². The van der Waals surface area contributed by atoms with Crippen LogP contribution in [-0.4, -0.2) is 14.5 Å². The molecule has 4 heterocycles. The minimum atomic E-state index is 0.604. The summed E-state index contributed by atoms with van der Waals surface area (Å²) in [6.45, 7) is 0. The summed E-state index contributed by atoms with van der Waals surface area (Å²) >= 11 is 0. The molecule has 0 saturated heterocycles. The Morgan fingerprint density at radius 3 is 2.00 bits per heavy atom. The lowest BCUT2D eigenvalue weighted by Crippen LogP contribution is -2.02. The first kappa shape index (κ1) is 22.7. The van der Waals surface area contributed by atoms with E-state index in [4.69, 9.17) is 18.8 Å². The lowest BCUT2D eigenvalue weighted by molar-refractivity contribution is 0.666. The van der Waals surface area contributed by atoms with Gasteiger partial charge in [0.05, 0.1) is 11.0 Å². The van der Waals surface area contributed by atoms with E-state index in [0.29, 0.717) is 11.5 Å². The fourth-order valence-electron chi connectivity index (χ4n) is 6.62. The molecule has 0 N–H and O–H groups in total. The number of fused-ring (bicyclic) bond motifs is 10. The lowest BCUT2D eigenvalue weighted by Gasteiger charge is -2.10. The molecule has 43 heavy (non-hydrogen) atoms. The molecule has 0 radical (unpaired) electrons. The highest BCUT2D eigenvalue weighted by atomic mass is 16.3. The average Bonchev–Trinajstić information content (AvgIpc) is 3.72. The van der Waals surface area contributed by atoms with Gasteiger partial charge in [0.15, 0.2) is 5.58 Å². The Morgan fingerprint density at radius 2 is 1.14 bits per heavy atom. The molecule has 0 fully saturated rings. The van der Waals surface area contributed by atoms with Crippen molar-refractivity contribution in [2.45, 2.75) is 0 Å². The minimum Gasteiger partial charge on any atom is -0.456 e. The van der Waals surface area contributed by atoms with Gasteiger partial charge in [0.25, 0.3) is 0 Å². The van der Waals surface area contributed by atoms with Crippen molar-refractivity contribution in [3.63, 3.8) is 0 Å². The lowest BCUT2D eigenvalue weighted by atomic mass is 10.1. The third kappa shape index (κ3) is 3.16. The van der Waals surface area contributed by atoms with Crippen molar-refractivity contribution >= 4 is 76.6 Å². The maximum Gasteiger partial charge on any atom is 0.236 e. The molecule has 0 bridgehead atoms. The summed E-state index contributed by atoms with van der Waals surface area (Å²) in [6, 6.07) is 43.9. The second-order valence-electron chi connectivity index (χ2n) is 11.0. The summed E-state index contributed by atoms with van der Waals surface area (Å²) in [5.41, 5.74) is 7.76. The molecule has 5 heteroatoms. The quantitative estimate of drug-likeness (QED) is 0.214. The highest BCUT2D eigenvalue weighted by Crippen LogP contribution is 2.39. The SMILES string of the molecule is c1ccc2cc3c(cc2c1)c1ccccc1n3-c1nc(-c2ccc3oc4ccccc4c3c2)c2oc3ccccc3c2n1. The predicted molar refractivity (Wildman–Crippen MR) is 174 cm³/mol. The summed E-state index contributed by atoms with van der Waals surface area (Å²) in [6.07, 6.45) is 0. The van der Waals surface area contributed by atoms with Crippen LogP contribution in [0.1, 0.15) is 0 Å². The molecular weight excluding hydrogens is 530 g/mol. The molecule has 0 spiro atoms. The number of hydrogen-bond donors (Lipinski definition) is 0. The van der Waals surface area contributed by atoms with Crippen molar-refractivity contribution < 1.29 is 8.83 Å². The van der Waals surface area contributed by atoms with Gasteiger partial charge in [-0.3, -0.25) is 4.57 Å². The smallest absolute Gasteiger partial charge is 0.236 e. The normalized spacial score (nSPS) is 12.2. The van der Waals surface area contributed by atoms with E-state index in [0.717, 1.165) is 66.1 Å². The van der Waals surface area contributed by atoms with E-state index in [1.54, 1.807) is 0 Å². The molecule has 0 aliphatic rings. The standard InChI is InChI=1S/C38H21N3O2/c1-2-10-23-21-31-28(19-22(23)9-1)25-11-3-6-14-30(25)41(31)38-39-35(37-36(40-38)27-13-5-8-16-33(27)43-37)24-17-18-34-29(20-24)26-12-4-7-15-32(26)42-34/h1-21H. The third-order valence-corrected chi connectivity index (χ3v) is 8.60. The Balaban J connectivity index is 1.34. The molecule has 0 unspecified atom stereocenters. The van der Waals surface area contributed by atoms with Crippen LogP contribution < -0.4 is 0 Å². The Bertz CT molecular complexity index is 2750. The van der Waals surface area contributed by atoms with E-state index in [1.807, 2.05) is 42.5 Å². The van der Waals surface area contributed by atoms with Crippen LogP contribution in [0, 0.1) is 0 Å². The second kappa shape index (κ2) is 8.30. The highest BCUT2D eigenvalue weighted by molar-refractivity contribution is 6.14. The number of hydrogen-bond acceptors (Lipinski definition) is 4. The van der Waals surface area contributed by atoms with Crippen LogP contribution in [0.5, 0.6) is 0 Å². The Labute approximate surface area is 244 Å². The molecule has 4 aromatic heterocycles. The number of aromatic nitrogens is 3. The minimum absolute atomic E-state index is 0.604. The average molecular weight is 552 g/mol. The molecule has 0 saturated carbocycles. The van der Waals surface area contributed by atoms with Crippen LogP contribution in [0.2, 0.25) is 0 Å². The molecule has 10 rings (SSSR count). The van der Waals surface area contributed by atoms with E-state index >= 15 is 0 Å². The van der Waals surface area contributed by atoms with Gasteiger partial charge in [-0.05, 0) is 65.4 Å². The van der Waals surface area contributed by atoms with E-state index in [1.165, 1.54) is 16.2 Å². The van der Waals surface area contributed by atoms with Gasteiger partial charge in [-0.2, -0.15) is 0 Å². The second-order valence-corrected chi connectivity index (χ2v) is 11.0. The summed E-state index contributed by atoms with van der Waals surface area (Å²) in [5, 5.41) is 7.79. The largest absolute Gasteiger partial charge is 0.456 e. The van der Waals surface area contributed by atoms with E-state index in [2.05, 4.69) is 89.5 Å². The van der Waals surface area contributed by atoms with Gasteiger partial charge >= 0.3 is 0 Å². The summed E-state index contributed by atoms with van der Waals surface area (Å²) in [7, 11) is 0. The van der Waals surface area contributed by atoms with E-state index in [9.17, 15) is 0 Å². The molecule has 200 valence electrons. The molecule has 0 amide bonds. The maximum absolute atomic E-state index is 6.47. The number of benzene rings is 6. The van der Waals surface area contributed by atoms with Gasteiger partial charge in [0, 0.05) is 32.5 Å². The van der Waals surface area contributed by atoms with Crippen LogP contribution in [-0.2, 0) is 0 Å². The topological polar surface area (TPSA) is 57.0 Å². The zero-order valence-corrected chi connectivity index (χ0v) is 22.8. The number of para-hydroxylation sites is 3. The first-order valence-corrected chi connectivity index (χ1v) is 14.3. The van der Waals surface area contributed by atoms with Crippen molar-refractivity contribution in [2.75, 3.05) is 0 Å². The molecule has 6 aromatic carbocycles. The van der Waals surface area contributed by atoms with Gasteiger partial charge in [-0.25, -0.2) is 9.97 Å². The molecule has 0 aliphatic heterocycles. The molecule has 0 aliphatic carbocycles. The van der Waals surface area contributed by atoms with Crippen LogP contribution >= 0.6 is 0 Å². The van der Waals surface area contributed by atoms with Gasteiger partial charge in [-0.15, -0.1) is 0 Å². The zero-order valence-electron chi connectivity index (χ0n) is 22.8.